The van der Waals surface area contributed by atoms with Gasteiger partial charge in [0.2, 0.25) is 0 Å². The average Bonchev–Trinajstić information content (AvgIpc) is 3.26. The van der Waals surface area contributed by atoms with Gasteiger partial charge < -0.3 is 14.2 Å². The van der Waals surface area contributed by atoms with Gasteiger partial charge in [-0.05, 0) is 19.3 Å². The van der Waals surface area contributed by atoms with Crippen LogP contribution in [0.5, 0.6) is 0 Å². The minimum Gasteiger partial charge on any atom is -0.462 e. The Morgan fingerprint density at radius 2 is 0.443 bits per heavy atom. The van der Waals surface area contributed by atoms with E-state index >= 15 is 0 Å². The van der Waals surface area contributed by atoms with Crippen LogP contribution < -0.4 is 0 Å². The quantitative estimate of drug-likeness (QED) is 0.0344. The molecule has 0 aromatic carbocycles. The van der Waals surface area contributed by atoms with Crippen LogP contribution in [0.1, 0.15) is 316 Å². The number of unbranched alkanes of at least 4 members (excludes halogenated alkanes) is 40. The summed E-state index contributed by atoms with van der Waals surface area (Å²) in [6, 6.07) is 0. The van der Waals surface area contributed by atoms with Gasteiger partial charge in [-0.25, -0.2) is 0 Å². The molecule has 0 N–H and O–H groups in total. The molecule has 0 spiro atoms. The predicted octanol–water partition coefficient (Wildman–Crippen LogP) is 18.0. The van der Waals surface area contributed by atoms with E-state index in [2.05, 4.69) is 20.8 Å². The summed E-state index contributed by atoms with van der Waals surface area (Å²) in [4.78, 5) is 38.0. The lowest BCUT2D eigenvalue weighted by Gasteiger charge is -2.18. The van der Waals surface area contributed by atoms with Crippen LogP contribution in [0.3, 0.4) is 0 Å². The zero-order valence-corrected chi connectivity index (χ0v) is 41.5. The molecule has 0 aromatic rings. The number of hydrogen-bond donors (Lipinski definition) is 0. The van der Waals surface area contributed by atoms with E-state index in [1.54, 1.807) is 0 Å². The first-order valence-electron chi connectivity index (χ1n) is 27.5. The van der Waals surface area contributed by atoms with Gasteiger partial charge in [-0.15, -0.1) is 0 Å². The van der Waals surface area contributed by atoms with Crippen molar-refractivity contribution in [3.05, 3.63) is 0 Å². The fourth-order valence-corrected chi connectivity index (χ4v) is 8.45. The third kappa shape index (κ3) is 49.3. The van der Waals surface area contributed by atoms with Crippen molar-refractivity contribution in [3.63, 3.8) is 0 Å². The summed E-state index contributed by atoms with van der Waals surface area (Å²) >= 11 is 0. The second kappa shape index (κ2) is 51.0. The molecule has 0 fully saturated rings. The summed E-state index contributed by atoms with van der Waals surface area (Å²) in [7, 11) is 0. The van der Waals surface area contributed by atoms with Crippen molar-refractivity contribution in [1.82, 2.24) is 0 Å². The minimum absolute atomic E-state index is 0.0615. The Morgan fingerprint density at radius 3 is 0.656 bits per heavy atom. The average molecular weight is 863 g/mol. The van der Waals surface area contributed by atoms with Crippen molar-refractivity contribution >= 4 is 17.9 Å². The van der Waals surface area contributed by atoms with Crippen molar-refractivity contribution < 1.29 is 28.6 Å². The lowest BCUT2D eigenvalue weighted by Crippen LogP contribution is -2.30. The lowest BCUT2D eigenvalue weighted by atomic mass is 10.0. The SMILES string of the molecule is CCCCCCCCCCCCCCCCCCCC(=O)OC[C@H](COC(=O)CCCCCCCCCCCCCCCCC)OC(=O)CCCCCCCCCCCCC. The van der Waals surface area contributed by atoms with Gasteiger partial charge >= 0.3 is 17.9 Å². The molecule has 362 valence electrons. The number of carbonyl (C=O) groups excluding carboxylic acids is 3. The van der Waals surface area contributed by atoms with Gasteiger partial charge in [-0.2, -0.15) is 0 Å². The Morgan fingerprint density at radius 1 is 0.262 bits per heavy atom. The summed E-state index contributed by atoms with van der Waals surface area (Å²) in [5.74, 6) is -0.837. The van der Waals surface area contributed by atoms with Gasteiger partial charge in [0.25, 0.3) is 0 Å². The first-order chi connectivity index (χ1) is 30.0. The number of esters is 3. The van der Waals surface area contributed by atoms with Crippen LogP contribution in [0, 0.1) is 0 Å². The molecular formula is C55H106O6. The molecule has 0 saturated carbocycles. The van der Waals surface area contributed by atoms with Crippen molar-refractivity contribution in [2.75, 3.05) is 13.2 Å². The molecule has 0 bridgehead atoms. The zero-order chi connectivity index (χ0) is 44.4. The molecule has 0 heterocycles. The van der Waals surface area contributed by atoms with Crippen LogP contribution >= 0.6 is 0 Å². The van der Waals surface area contributed by atoms with Gasteiger partial charge in [0.15, 0.2) is 6.10 Å². The molecule has 0 rings (SSSR count). The minimum atomic E-state index is -0.760. The second-order valence-corrected chi connectivity index (χ2v) is 18.9. The summed E-state index contributed by atoms with van der Waals surface area (Å²) < 4.78 is 16.8. The van der Waals surface area contributed by atoms with E-state index in [9.17, 15) is 14.4 Å². The molecule has 0 radical (unpaired) electrons. The van der Waals surface area contributed by atoms with Gasteiger partial charge in [0.1, 0.15) is 13.2 Å². The molecule has 0 aliphatic heterocycles. The van der Waals surface area contributed by atoms with Crippen LogP contribution in [0.25, 0.3) is 0 Å². The second-order valence-electron chi connectivity index (χ2n) is 18.9. The summed E-state index contributed by atoms with van der Waals surface area (Å²) in [6.45, 7) is 6.69. The van der Waals surface area contributed by atoms with Crippen LogP contribution in [0.15, 0.2) is 0 Å². The highest BCUT2D eigenvalue weighted by atomic mass is 16.6. The van der Waals surface area contributed by atoms with E-state index in [1.165, 1.54) is 218 Å². The van der Waals surface area contributed by atoms with Crippen LogP contribution in [0.2, 0.25) is 0 Å². The standard InChI is InChI=1S/C55H106O6/c1-4-7-10-13-16-19-22-24-26-27-29-31-34-36-39-42-45-48-54(57)60-51-52(61-55(58)49-46-43-40-37-32-21-18-15-12-9-6-3)50-59-53(56)47-44-41-38-35-33-30-28-25-23-20-17-14-11-8-5-2/h52H,4-51H2,1-3H3/t52-/m0/s1. The predicted molar refractivity (Wildman–Crippen MR) is 261 cm³/mol. The fourth-order valence-electron chi connectivity index (χ4n) is 8.45. The fraction of sp³-hybridized carbons (Fsp3) is 0.945. The Hall–Kier alpha value is -1.59. The Bertz CT molecular complexity index is 905. The maximum atomic E-state index is 12.8. The third-order valence-electron chi connectivity index (χ3n) is 12.6. The highest BCUT2D eigenvalue weighted by Gasteiger charge is 2.19. The number of ether oxygens (including phenoxy) is 3. The van der Waals surface area contributed by atoms with Crippen LogP contribution in [-0.2, 0) is 28.6 Å². The molecule has 0 aliphatic carbocycles. The topological polar surface area (TPSA) is 78.9 Å². The van der Waals surface area contributed by atoms with Gasteiger partial charge in [0.05, 0.1) is 0 Å². The summed E-state index contributed by atoms with van der Waals surface area (Å²) in [5, 5.41) is 0. The highest BCUT2D eigenvalue weighted by Crippen LogP contribution is 2.17. The van der Waals surface area contributed by atoms with Crippen molar-refractivity contribution in [2.24, 2.45) is 0 Å². The molecular weight excluding hydrogens is 757 g/mol. The molecule has 1 atom stereocenters. The first kappa shape index (κ1) is 59.4. The van der Waals surface area contributed by atoms with E-state index in [1.807, 2.05) is 0 Å². The number of rotatable bonds is 51. The first-order valence-corrected chi connectivity index (χ1v) is 27.5. The molecule has 61 heavy (non-hydrogen) atoms. The molecule has 6 heteroatoms. The highest BCUT2D eigenvalue weighted by molar-refractivity contribution is 5.71. The maximum absolute atomic E-state index is 12.8. The van der Waals surface area contributed by atoms with E-state index in [-0.39, 0.29) is 31.1 Å². The van der Waals surface area contributed by atoms with Crippen molar-refractivity contribution in [2.45, 2.75) is 322 Å². The zero-order valence-electron chi connectivity index (χ0n) is 41.5. The molecule has 0 aromatic heterocycles. The molecule has 0 unspecified atom stereocenters. The maximum Gasteiger partial charge on any atom is 0.306 e. The lowest BCUT2D eigenvalue weighted by molar-refractivity contribution is -0.167. The van der Waals surface area contributed by atoms with Gasteiger partial charge in [0, 0.05) is 19.3 Å². The monoisotopic (exact) mass is 863 g/mol. The van der Waals surface area contributed by atoms with E-state index in [4.69, 9.17) is 14.2 Å². The van der Waals surface area contributed by atoms with Crippen molar-refractivity contribution in [3.8, 4) is 0 Å². The largest absolute Gasteiger partial charge is 0.462 e. The van der Waals surface area contributed by atoms with Crippen molar-refractivity contribution in [1.29, 1.82) is 0 Å². The molecule has 0 amide bonds. The number of hydrogen-bond acceptors (Lipinski definition) is 6. The van der Waals surface area contributed by atoms with Crippen LogP contribution in [-0.4, -0.2) is 37.2 Å². The third-order valence-corrected chi connectivity index (χ3v) is 12.6. The molecule has 6 nitrogen and oxygen atoms in total. The van der Waals surface area contributed by atoms with E-state index in [0.717, 1.165) is 57.8 Å². The van der Waals surface area contributed by atoms with Gasteiger partial charge in [-0.3, -0.25) is 14.4 Å². The van der Waals surface area contributed by atoms with Gasteiger partial charge in [-0.1, -0.05) is 278 Å². The normalized spacial score (nSPS) is 11.9. The molecule has 0 saturated heterocycles. The Balaban J connectivity index is 4.25. The molecule has 0 aliphatic rings. The summed E-state index contributed by atoms with van der Waals surface area (Å²) in [6.07, 6.45) is 55.2. The summed E-state index contributed by atoms with van der Waals surface area (Å²) in [5.41, 5.74) is 0. The number of carbonyl (C=O) groups is 3. The Labute approximate surface area is 380 Å². The van der Waals surface area contributed by atoms with E-state index < -0.39 is 6.10 Å². The van der Waals surface area contributed by atoms with E-state index in [0.29, 0.717) is 19.3 Å². The smallest absolute Gasteiger partial charge is 0.306 e. The van der Waals surface area contributed by atoms with Crippen LogP contribution in [0.4, 0.5) is 0 Å². The Kier molecular flexibility index (Phi) is 49.7.